The van der Waals surface area contributed by atoms with E-state index >= 15 is 13.2 Å². The minimum atomic E-state index is -5.08. The van der Waals surface area contributed by atoms with Crippen LogP contribution in [-0.4, -0.2) is 68.9 Å². The van der Waals surface area contributed by atoms with Crippen LogP contribution < -0.4 is 10.6 Å². The molecule has 3 N–H and O–H groups in total. The van der Waals surface area contributed by atoms with Crippen molar-refractivity contribution < 1.29 is 40.3 Å². The van der Waals surface area contributed by atoms with Crippen molar-refractivity contribution in [2.24, 2.45) is 10.9 Å². The summed E-state index contributed by atoms with van der Waals surface area (Å²) in [5, 5.41) is 14.6. The second-order valence-corrected chi connectivity index (χ2v) is 13.4. The third kappa shape index (κ3) is 7.99. The maximum absolute atomic E-state index is 15.1. The summed E-state index contributed by atoms with van der Waals surface area (Å²) < 4.78 is 95.6. The number of hydrogen-bond donors (Lipinski definition) is 3. The lowest BCUT2D eigenvalue weighted by Gasteiger charge is -2.36. The molecule has 2 saturated carbocycles. The number of aliphatic hydroxyl groups is 1. The molecule has 7 nitrogen and oxygen atoms in total. The monoisotopic (exact) mass is 625 g/mol. The van der Waals surface area contributed by atoms with E-state index in [0.29, 0.717) is 36.8 Å². The molecule has 1 amide bonds. The van der Waals surface area contributed by atoms with E-state index in [4.69, 9.17) is 0 Å². The van der Waals surface area contributed by atoms with Crippen LogP contribution >= 0.6 is 0 Å². The predicted molar refractivity (Wildman–Crippen MR) is 152 cm³/mol. The Morgan fingerprint density at radius 2 is 1.65 bits per heavy atom. The zero-order chi connectivity index (χ0) is 31.6. The average Bonchev–Trinajstić information content (AvgIpc) is 3.87. The Hall–Kier alpha value is -3.34. The number of aliphatic imine (C=N–C) groups is 1. The van der Waals surface area contributed by atoms with Crippen LogP contribution in [0.3, 0.4) is 0 Å². The van der Waals surface area contributed by atoms with Gasteiger partial charge in [0.05, 0.1) is 17.8 Å². The zero-order valence-electron chi connectivity index (χ0n) is 23.3. The Labute approximate surface area is 246 Å². The molecule has 0 spiro atoms. The van der Waals surface area contributed by atoms with Crippen molar-refractivity contribution in [1.29, 1.82) is 0 Å². The summed E-state index contributed by atoms with van der Waals surface area (Å²) in [5.41, 5.74) is -3.31. The molecule has 0 aliphatic heterocycles. The van der Waals surface area contributed by atoms with Gasteiger partial charge in [0, 0.05) is 12.2 Å². The summed E-state index contributed by atoms with van der Waals surface area (Å²) in [5.74, 6) is 2.89. The second-order valence-electron chi connectivity index (χ2n) is 11.2. The standard InChI is InChI=1S/C30H32F5N3O4S/c1-36-18-28(15-16-28)38-27(40)24(17-43(2,41)42)37-29(30(33,34)35,14-13-19-3-4-19)23-11-9-21(10-12-23)20-5-7-22(8-6-20)25(39)26(31)32/h5-12,19,24-26,37,39H,1,3-4,15-18H2,2H3,(H,38,40)/t24-,25+,29-/m0/s1. The highest BCUT2D eigenvalue weighted by Crippen LogP contribution is 2.41. The number of nitrogens with zero attached hydrogens (tertiary/aromatic N) is 1. The van der Waals surface area contributed by atoms with Gasteiger partial charge in [-0.15, -0.1) is 0 Å². The van der Waals surface area contributed by atoms with Gasteiger partial charge in [-0.3, -0.25) is 15.1 Å². The van der Waals surface area contributed by atoms with Crippen LogP contribution in [-0.2, 0) is 20.2 Å². The molecule has 2 aromatic carbocycles. The van der Waals surface area contributed by atoms with Gasteiger partial charge in [0.1, 0.15) is 22.0 Å². The molecule has 2 aliphatic carbocycles. The predicted octanol–water partition coefficient (Wildman–Crippen LogP) is 4.18. The summed E-state index contributed by atoms with van der Waals surface area (Å²) in [6.07, 6.45) is -6.90. The number of amides is 1. The first-order valence-corrected chi connectivity index (χ1v) is 15.6. The van der Waals surface area contributed by atoms with Crippen molar-refractivity contribution in [2.75, 3.05) is 18.6 Å². The van der Waals surface area contributed by atoms with Crippen LogP contribution in [0.5, 0.6) is 0 Å². The Balaban J connectivity index is 1.73. The second kappa shape index (κ2) is 12.3. The van der Waals surface area contributed by atoms with E-state index in [1.165, 1.54) is 48.5 Å². The average molecular weight is 626 g/mol. The lowest BCUT2D eigenvalue weighted by molar-refractivity contribution is -0.184. The highest BCUT2D eigenvalue weighted by molar-refractivity contribution is 7.90. The van der Waals surface area contributed by atoms with E-state index in [2.05, 4.69) is 34.2 Å². The number of hydrogen-bond acceptors (Lipinski definition) is 6. The molecule has 0 radical (unpaired) electrons. The lowest BCUT2D eigenvalue weighted by Crippen LogP contribution is -2.62. The normalized spacial score (nSPS) is 19.0. The molecule has 3 atom stereocenters. The van der Waals surface area contributed by atoms with E-state index < -0.39 is 57.3 Å². The molecule has 0 bridgehead atoms. The number of alkyl halides is 5. The van der Waals surface area contributed by atoms with Gasteiger partial charge in [-0.05, 0) is 54.7 Å². The smallest absolute Gasteiger partial charge is 0.382 e. The summed E-state index contributed by atoms with van der Waals surface area (Å²) in [7, 11) is -3.93. The molecule has 13 heteroatoms. The number of carbonyl (C=O) groups excluding carboxylic acids is 1. The van der Waals surface area contributed by atoms with E-state index in [-0.39, 0.29) is 23.6 Å². The number of aliphatic hydroxyl groups excluding tert-OH is 1. The summed E-state index contributed by atoms with van der Waals surface area (Å²) in [6.45, 7) is 3.54. The van der Waals surface area contributed by atoms with E-state index in [1.807, 2.05) is 0 Å². The van der Waals surface area contributed by atoms with Crippen LogP contribution in [0.1, 0.15) is 42.9 Å². The minimum absolute atomic E-state index is 0.0157. The van der Waals surface area contributed by atoms with Crippen molar-refractivity contribution in [1.82, 2.24) is 10.6 Å². The molecule has 43 heavy (non-hydrogen) atoms. The number of nitrogens with one attached hydrogen (secondary N) is 2. The fraction of sp³-hybridized carbons (Fsp3) is 0.467. The Morgan fingerprint density at radius 1 is 1.09 bits per heavy atom. The number of halogens is 5. The maximum atomic E-state index is 15.1. The lowest BCUT2D eigenvalue weighted by atomic mass is 9.87. The van der Waals surface area contributed by atoms with Gasteiger partial charge in [-0.25, -0.2) is 17.2 Å². The van der Waals surface area contributed by atoms with E-state index in [9.17, 15) is 27.1 Å². The number of carbonyl (C=O) groups is 1. The fourth-order valence-corrected chi connectivity index (χ4v) is 5.50. The topological polar surface area (TPSA) is 108 Å². The van der Waals surface area contributed by atoms with Gasteiger partial charge in [0.25, 0.3) is 6.43 Å². The molecule has 2 aliphatic rings. The van der Waals surface area contributed by atoms with Crippen molar-refractivity contribution in [2.45, 2.75) is 61.5 Å². The molecule has 2 aromatic rings. The minimum Gasteiger partial charge on any atom is -0.382 e. The third-order valence-corrected chi connectivity index (χ3v) is 8.38. The zero-order valence-corrected chi connectivity index (χ0v) is 24.1. The summed E-state index contributed by atoms with van der Waals surface area (Å²) in [6, 6.07) is 8.83. The number of rotatable bonds is 12. The molecule has 0 aromatic heterocycles. The van der Waals surface area contributed by atoms with Crippen molar-refractivity contribution in [3.63, 3.8) is 0 Å². The first-order chi connectivity index (χ1) is 20.1. The Kier molecular flexibility index (Phi) is 9.35. The molecule has 2 fully saturated rings. The van der Waals surface area contributed by atoms with Gasteiger partial charge >= 0.3 is 6.18 Å². The third-order valence-electron chi connectivity index (χ3n) is 7.44. The van der Waals surface area contributed by atoms with Gasteiger partial charge in [-0.1, -0.05) is 60.4 Å². The first-order valence-electron chi connectivity index (χ1n) is 13.5. The van der Waals surface area contributed by atoms with Gasteiger partial charge in [0.15, 0.2) is 0 Å². The van der Waals surface area contributed by atoms with Gasteiger partial charge in [0.2, 0.25) is 11.4 Å². The molecule has 0 saturated heterocycles. The van der Waals surface area contributed by atoms with Crippen LogP contribution in [0, 0.1) is 17.8 Å². The van der Waals surface area contributed by atoms with Crippen LogP contribution in [0.2, 0.25) is 0 Å². The number of sulfone groups is 1. The molecule has 4 rings (SSSR count). The maximum Gasteiger partial charge on any atom is 0.422 e. The van der Waals surface area contributed by atoms with E-state index in [1.54, 1.807) is 0 Å². The Morgan fingerprint density at radius 3 is 2.09 bits per heavy atom. The highest BCUT2D eigenvalue weighted by Gasteiger charge is 2.57. The van der Waals surface area contributed by atoms with Crippen molar-refractivity contribution in [3.8, 4) is 23.0 Å². The summed E-state index contributed by atoms with van der Waals surface area (Å²) in [4.78, 5) is 17.1. The largest absolute Gasteiger partial charge is 0.422 e. The van der Waals surface area contributed by atoms with Crippen LogP contribution in [0.15, 0.2) is 53.5 Å². The number of benzene rings is 2. The van der Waals surface area contributed by atoms with Gasteiger partial charge < -0.3 is 10.4 Å². The van der Waals surface area contributed by atoms with Crippen molar-refractivity contribution in [3.05, 3.63) is 59.7 Å². The van der Waals surface area contributed by atoms with Crippen molar-refractivity contribution >= 4 is 22.5 Å². The van der Waals surface area contributed by atoms with Crippen LogP contribution in [0.25, 0.3) is 11.1 Å². The molecule has 0 heterocycles. The fourth-order valence-electron chi connectivity index (χ4n) is 4.66. The molecule has 232 valence electrons. The van der Waals surface area contributed by atoms with Crippen LogP contribution in [0.4, 0.5) is 22.0 Å². The highest BCUT2D eigenvalue weighted by atomic mass is 32.2. The quantitative estimate of drug-likeness (QED) is 0.187. The van der Waals surface area contributed by atoms with E-state index in [0.717, 1.165) is 6.26 Å². The summed E-state index contributed by atoms with van der Waals surface area (Å²) >= 11 is 0. The van der Waals surface area contributed by atoms with Gasteiger partial charge in [-0.2, -0.15) is 13.2 Å². The molecular weight excluding hydrogens is 593 g/mol. The first kappa shape index (κ1) is 32.6. The molecular formula is C30H32F5N3O4S. The molecule has 0 unspecified atom stereocenters. The SMILES string of the molecule is C=NCC1(NC(=O)[C@H](CS(C)(=O)=O)N[C@@](C#CC2CC2)(c2ccc(-c3ccc([C@@H](O)C(F)F)cc3)cc2)C(F)(F)F)CC1. The Bertz CT molecular complexity index is 1490.